The lowest BCUT2D eigenvalue weighted by Gasteiger charge is -2.15. The van der Waals surface area contributed by atoms with Gasteiger partial charge in [0.05, 0.1) is 10.6 Å². The predicted molar refractivity (Wildman–Crippen MR) is 155 cm³/mol. The number of pyridine rings is 1. The number of hydrogen-bond donors (Lipinski definition) is 0. The summed E-state index contributed by atoms with van der Waals surface area (Å²) < 4.78 is 49.5. The highest BCUT2D eigenvalue weighted by Gasteiger charge is 2.29. The lowest BCUT2D eigenvalue weighted by Crippen LogP contribution is -2.22. The molecule has 0 amide bonds. The molecule has 0 spiro atoms. The molecule has 1 saturated carbocycles. The van der Waals surface area contributed by atoms with E-state index in [-0.39, 0.29) is 17.2 Å². The van der Waals surface area contributed by atoms with Gasteiger partial charge in [-0.25, -0.2) is 17.5 Å². The first-order valence-electron chi connectivity index (χ1n) is 13.2. The minimum Gasteiger partial charge on any atom is -0.360 e. The minimum absolute atomic E-state index is 0.0559. The molecule has 2 aromatic carbocycles. The van der Waals surface area contributed by atoms with Gasteiger partial charge in [0.25, 0.3) is 0 Å². The normalized spacial score (nSPS) is 14.1. The number of benzene rings is 2. The molecule has 5 rings (SSSR count). The first-order chi connectivity index (χ1) is 18.5. The highest BCUT2D eigenvalue weighted by Crippen LogP contribution is 2.42. The standard InChI is InChI=1S/C30H34FN3O3SSi/c1-38(35,36)30-23(15-16-25(31)28(30)22-9-6-5-7-10-22)24-19-34(20-37-17-18-39(2,3)4)33-29(24)27-12-8-11-26(32-27)21-13-14-21/h5-12,15-16,19,21H,13-14,17-18,20H2,1-4H3. The second-order valence-electron chi connectivity index (χ2n) is 11.4. The largest absolute Gasteiger partial charge is 0.360 e. The van der Waals surface area contributed by atoms with E-state index >= 15 is 4.39 Å². The van der Waals surface area contributed by atoms with Gasteiger partial charge in [0.15, 0.2) is 9.84 Å². The van der Waals surface area contributed by atoms with Gasteiger partial charge in [0.1, 0.15) is 18.2 Å². The van der Waals surface area contributed by atoms with E-state index in [4.69, 9.17) is 14.8 Å². The summed E-state index contributed by atoms with van der Waals surface area (Å²) in [6, 6.07) is 18.5. The van der Waals surface area contributed by atoms with Crippen LogP contribution in [0.5, 0.6) is 0 Å². The van der Waals surface area contributed by atoms with Crippen LogP contribution in [0.25, 0.3) is 33.6 Å². The van der Waals surface area contributed by atoms with Crippen molar-refractivity contribution < 1.29 is 17.5 Å². The fraction of sp³-hybridized carbons (Fsp3) is 0.333. The van der Waals surface area contributed by atoms with Crippen molar-refractivity contribution in [1.29, 1.82) is 0 Å². The molecule has 4 aromatic rings. The van der Waals surface area contributed by atoms with Gasteiger partial charge < -0.3 is 4.74 Å². The van der Waals surface area contributed by atoms with E-state index in [1.54, 1.807) is 35.1 Å². The third-order valence-electron chi connectivity index (χ3n) is 6.82. The highest BCUT2D eigenvalue weighted by atomic mass is 32.2. The zero-order chi connectivity index (χ0) is 27.8. The van der Waals surface area contributed by atoms with Gasteiger partial charge in [-0.2, -0.15) is 5.10 Å². The van der Waals surface area contributed by atoms with E-state index in [0.717, 1.165) is 30.8 Å². The Hall–Kier alpha value is -3.14. The topological polar surface area (TPSA) is 74.1 Å². The smallest absolute Gasteiger partial charge is 0.176 e. The summed E-state index contributed by atoms with van der Waals surface area (Å²) in [5.41, 5.74) is 3.71. The molecule has 0 N–H and O–H groups in total. The van der Waals surface area contributed by atoms with Gasteiger partial charge in [-0.3, -0.25) is 4.98 Å². The molecule has 1 aliphatic rings. The number of sulfone groups is 1. The van der Waals surface area contributed by atoms with Crippen LogP contribution in [0.4, 0.5) is 4.39 Å². The Morgan fingerprint density at radius 1 is 1.00 bits per heavy atom. The molecule has 9 heteroatoms. The summed E-state index contributed by atoms with van der Waals surface area (Å²) >= 11 is 0. The number of halogens is 1. The number of aromatic nitrogens is 3. The fourth-order valence-electron chi connectivity index (χ4n) is 4.63. The van der Waals surface area contributed by atoms with Crippen LogP contribution in [0.2, 0.25) is 25.7 Å². The molecule has 1 aliphatic carbocycles. The zero-order valence-electron chi connectivity index (χ0n) is 22.8. The summed E-state index contributed by atoms with van der Waals surface area (Å²) in [5, 5.41) is 4.81. The Labute approximate surface area is 230 Å². The first-order valence-corrected chi connectivity index (χ1v) is 18.8. The van der Waals surface area contributed by atoms with Crippen LogP contribution in [0.3, 0.4) is 0 Å². The van der Waals surface area contributed by atoms with Crippen LogP contribution in [0, 0.1) is 5.82 Å². The Bertz CT molecular complexity index is 1590. The van der Waals surface area contributed by atoms with Crippen LogP contribution in [-0.2, 0) is 21.3 Å². The molecule has 204 valence electrons. The molecule has 6 nitrogen and oxygen atoms in total. The van der Waals surface area contributed by atoms with Crippen LogP contribution < -0.4 is 0 Å². The summed E-state index contributed by atoms with van der Waals surface area (Å²) in [4.78, 5) is 4.83. The van der Waals surface area contributed by atoms with E-state index in [1.165, 1.54) is 12.1 Å². The molecule has 0 bridgehead atoms. The van der Waals surface area contributed by atoms with Crippen LogP contribution >= 0.6 is 0 Å². The number of nitrogens with zero attached hydrogens (tertiary/aromatic N) is 3. The second kappa shape index (κ2) is 10.8. The summed E-state index contributed by atoms with van der Waals surface area (Å²) in [7, 11) is -5.10. The first kappa shape index (κ1) is 27.4. The maximum atomic E-state index is 15.3. The van der Waals surface area contributed by atoms with E-state index in [0.29, 0.717) is 40.6 Å². The minimum atomic E-state index is -3.85. The molecule has 0 radical (unpaired) electrons. The molecule has 2 aromatic heterocycles. The molecule has 0 unspecified atom stereocenters. The van der Waals surface area contributed by atoms with Crippen LogP contribution in [0.1, 0.15) is 24.5 Å². The van der Waals surface area contributed by atoms with Crippen LogP contribution in [0.15, 0.2) is 71.8 Å². The number of rotatable bonds is 10. The molecule has 1 fully saturated rings. The third-order valence-corrected chi connectivity index (χ3v) is 9.69. The Kier molecular flexibility index (Phi) is 7.59. The van der Waals surface area contributed by atoms with Gasteiger partial charge in [-0.1, -0.05) is 56.0 Å². The summed E-state index contributed by atoms with van der Waals surface area (Å²) in [6.07, 6.45) is 5.12. The summed E-state index contributed by atoms with van der Waals surface area (Å²) in [6.45, 7) is 7.74. The van der Waals surface area contributed by atoms with E-state index in [1.807, 2.05) is 24.3 Å². The fourth-order valence-corrected chi connectivity index (χ4v) is 6.55. The van der Waals surface area contributed by atoms with Crippen molar-refractivity contribution in [1.82, 2.24) is 14.8 Å². The maximum Gasteiger partial charge on any atom is 0.176 e. The SMILES string of the molecule is C[Si](C)(C)CCOCn1cc(-c2ccc(F)c(-c3ccccc3)c2S(C)(=O)=O)c(-c2cccc(C3CC3)n2)n1. The van der Waals surface area contributed by atoms with Gasteiger partial charge in [-0.05, 0) is 48.7 Å². The quantitative estimate of drug-likeness (QED) is 0.153. The molecule has 0 saturated heterocycles. The van der Waals surface area contributed by atoms with Gasteiger partial charge >= 0.3 is 0 Å². The van der Waals surface area contributed by atoms with Crippen molar-refractivity contribution in [3.05, 3.63) is 78.4 Å². The van der Waals surface area contributed by atoms with E-state index in [2.05, 4.69) is 19.6 Å². The third kappa shape index (κ3) is 6.37. The van der Waals surface area contributed by atoms with Crippen LogP contribution in [-0.4, -0.2) is 44.1 Å². The number of hydrogen-bond acceptors (Lipinski definition) is 5. The number of ether oxygens (including phenoxy) is 1. The Balaban J connectivity index is 1.66. The van der Waals surface area contributed by atoms with Crippen molar-refractivity contribution in [2.24, 2.45) is 0 Å². The van der Waals surface area contributed by atoms with E-state index < -0.39 is 23.7 Å². The van der Waals surface area contributed by atoms with Gasteiger partial charge in [-0.15, -0.1) is 0 Å². The molecule has 0 aliphatic heterocycles. The van der Waals surface area contributed by atoms with Crippen molar-refractivity contribution in [2.75, 3.05) is 12.9 Å². The van der Waals surface area contributed by atoms with Gasteiger partial charge in [0.2, 0.25) is 0 Å². The van der Waals surface area contributed by atoms with E-state index in [9.17, 15) is 8.42 Å². The Morgan fingerprint density at radius 2 is 1.74 bits per heavy atom. The molecule has 2 heterocycles. The maximum absolute atomic E-state index is 15.3. The highest BCUT2D eigenvalue weighted by molar-refractivity contribution is 7.91. The average molecular weight is 564 g/mol. The second-order valence-corrected chi connectivity index (χ2v) is 19.0. The van der Waals surface area contributed by atoms with Gasteiger partial charge in [0, 0.05) is 55.4 Å². The molecular formula is C30H34FN3O3SSi. The van der Waals surface area contributed by atoms with Crippen molar-refractivity contribution >= 4 is 17.9 Å². The monoisotopic (exact) mass is 563 g/mol. The predicted octanol–water partition coefficient (Wildman–Crippen LogP) is 7.01. The molecular weight excluding hydrogens is 529 g/mol. The zero-order valence-corrected chi connectivity index (χ0v) is 24.6. The molecule has 0 atom stereocenters. The van der Waals surface area contributed by atoms with Crippen molar-refractivity contribution in [3.63, 3.8) is 0 Å². The molecule has 39 heavy (non-hydrogen) atoms. The van der Waals surface area contributed by atoms with Crippen molar-refractivity contribution in [2.45, 2.75) is 56.1 Å². The van der Waals surface area contributed by atoms with Crippen molar-refractivity contribution in [3.8, 4) is 33.6 Å². The summed E-state index contributed by atoms with van der Waals surface area (Å²) in [5.74, 6) is -0.148. The average Bonchev–Trinajstić information content (AvgIpc) is 3.65. The Morgan fingerprint density at radius 3 is 2.41 bits per heavy atom. The lowest BCUT2D eigenvalue weighted by molar-refractivity contribution is 0.0787. The lowest BCUT2D eigenvalue weighted by atomic mass is 9.97.